The van der Waals surface area contributed by atoms with Gasteiger partial charge in [-0.05, 0) is 78.1 Å². The Morgan fingerprint density at radius 1 is 1.03 bits per heavy atom. The minimum Gasteiger partial charge on any atom is -0.497 e. The molecule has 1 N–H and O–H groups in total. The highest BCUT2D eigenvalue weighted by Gasteiger charge is 2.22. The number of aromatic amines is 1. The Kier molecular flexibility index (Phi) is 7.13. The second-order valence-corrected chi connectivity index (χ2v) is 9.99. The highest BCUT2D eigenvalue weighted by molar-refractivity contribution is 5.83. The summed E-state index contributed by atoms with van der Waals surface area (Å²) in [5.41, 5.74) is 4.99. The molecule has 2 aromatic heterocycles. The maximum absolute atomic E-state index is 13.1. The van der Waals surface area contributed by atoms with Gasteiger partial charge in [-0.2, -0.15) is 0 Å². The minimum atomic E-state index is -0.0564. The van der Waals surface area contributed by atoms with Gasteiger partial charge >= 0.3 is 0 Å². The van der Waals surface area contributed by atoms with Gasteiger partial charge in [0, 0.05) is 29.6 Å². The lowest BCUT2D eigenvalue weighted by molar-refractivity contribution is 0.225. The topological polar surface area (TPSA) is 88.9 Å². The first-order valence-electron chi connectivity index (χ1n) is 12.8. The molecule has 0 unspecified atom stereocenters. The van der Waals surface area contributed by atoms with Crippen molar-refractivity contribution in [2.45, 2.75) is 71.6 Å². The van der Waals surface area contributed by atoms with E-state index < -0.39 is 0 Å². The molecule has 1 aliphatic carbocycles. The van der Waals surface area contributed by atoms with E-state index in [-0.39, 0.29) is 5.56 Å². The molecule has 2 aromatic carbocycles. The van der Waals surface area contributed by atoms with Crippen LogP contribution < -0.4 is 10.3 Å². The van der Waals surface area contributed by atoms with Crippen molar-refractivity contribution >= 4 is 10.9 Å². The number of hydrogen-bond acceptors (Lipinski definition) is 6. The van der Waals surface area contributed by atoms with Crippen LogP contribution in [0.15, 0.2) is 47.3 Å². The van der Waals surface area contributed by atoms with Gasteiger partial charge in [0.2, 0.25) is 0 Å². The van der Waals surface area contributed by atoms with Gasteiger partial charge in [-0.3, -0.25) is 9.69 Å². The summed E-state index contributed by atoms with van der Waals surface area (Å²) < 4.78 is 7.34. The van der Waals surface area contributed by atoms with Gasteiger partial charge in [0.05, 0.1) is 19.7 Å². The maximum atomic E-state index is 13.1. The Morgan fingerprint density at radius 2 is 1.81 bits per heavy atom. The van der Waals surface area contributed by atoms with E-state index in [0.717, 1.165) is 57.6 Å². The molecule has 1 fully saturated rings. The summed E-state index contributed by atoms with van der Waals surface area (Å²) in [6.07, 6.45) is 5.93. The first-order valence-corrected chi connectivity index (χ1v) is 12.8. The smallest absolute Gasteiger partial charge is 0.252 e. The molecule has 0 spiro atoms. The number of aryl methyl sites for hydroxylation is 2. The van der Waals surface area contributed by atoms with Crippen molar-refractivity contribution in [3.8, 4) is 5.75 Å². The fourth-order valence-corrected chi connectivity index (χ4v) is 5.36. The standard InChI is InChI=1S/C28H34N6O2/c1-19-13-20(2)25-15-22(28(35)29-26(25)14-19)17-33(16-21-9-11-24(36-3)12-10-21)18-27-30-31-32-34(27)23-7-5-4-6-8-23/h9-15,23H,4-8,16-18H2,1-3H3,(H,29,35). The van der Waals surface area contributed by atoms with Crippen molar-refractivity contribution in [2.24, 2.45) is 0 Å². The number of hydrogen-bond donors (Lipinski definition) is 1. The zero-order chi connectivity index (χ0) is 25.1. The van der Waals surface area contributed by atoms with Crippen molar-refractivity contribution < 1.29 is 4.74 Å². The average molecular weight is 487 g/mol. The molecule has 5 rings (SSSR count). The van der Waals surface area contributed by atoms with Crippen LogP contribution >= 0.6 is 0 Å². The fourth-order valence-electron chi connectivity index (χ4n) is 5.36. The summed E-state index contributed by atoms with van der Waals surface area (Å²) in [5, 5.41) is 13.8. The van der Waals surface area contributed by atoms with Crippen molar-refractivity contribution in [1.82, 2.24) is 30.1 Å². The molecule has 0 bridgehead atoms. The van der Waals surface area contributed by atoms with Crippen molar-refractivity contribution in [3.63, 3.8) is 0 Å². The number of pyridine rings is 1. The van der Waals surface area contributed by atoms with Crippen LogP contribution in [0.25, 0.3) is 10.9 Å². The van der Waals surface area contributed by atoms with E-state index in [1.807, 2.05) is 35.9 Å². The number of tetrazole rings is 1. The molecule has 8 nitrogen and oxygen atoms in total. The zero-order valence-corrected chi connectivity index (χ0v) is 21.3. The van der Waals surface area contributed by atoms with E-state index in [1.165, 1.54) is 19.3 Å². The van der Waals surface area contributed by atoms with Crippen LogP contribution in [-0.4, -0.2) is 37.2 Å². The van der Waals surface area contributed by atoms with Gasteiger partial charge in [0.25, 0.3) is 5.56 Å². The third-order valence-corrected chi connectivity index (χ3v) is 7.20. The Hall–Kier alpha value is -3.52. The Morgan fingerprint density at radius 3 is 2.56 bits per heavy atom. The lowest BCUT2D eigenvalue weighted by Gasteiger charge is -2.25. The van der Waals surface area contributed by atoms with Gasteiger partial charge in [0.1, 0.15) is 5.75 Å². The lowest BCUT2D eigenvalue weighted by Crippen LogP contribution is -2.29. The summed E-state index contributed by atoms with van der Waals surface area (Å²) in [6.45, 7) is 5.84. The zero-order valence-electron chi connectivity index (χ0n) is 21.3. The summed E-state index contributed by atoms with van der Waals surface area (Å²) >= 11 is 0. The number of methoxy groups -OCH3 is 1. The van der Waals surface area contributed by atoms with Crippen LogP contribution in [0.4, 0.5) is 0 Å². The Balaban J connectivity index is 1.46. The van der Waals surface area contributed by atoms with Crippen LogP contribution in [0.1, 0.15) is 66.2 Å². The normalized spacial score (nSPS) is 14.6. The van der Waals surface area contributed by atoms with Gasteiger partial charge in [0.15, 0.2) is 5.82 Å². The number of benzene rings is 2. The predicted molar refractivity (Wildman–Crippen MR) is 140 cm³/mol. The average Bonchev–Trinajstić information content (AvgIpc) is 3.34. The molecule has 188 valence electrons. The van der Waals surface area contributed by atoms with Crippen LogP contribution in [0.5, 0.6) is 5.75 Å². The van der Waals surface area contributed by atoms with Crippen molar-refractivity contribution in [1.29, 1.82) is 0 Å². The molecule has 0 atom stereocenters. The van der Waals surface area contributed by atoms with Gasteiger partial charge in [-0.1, -0.05) is 37.5 Å². The highest BCUT2D eigenvalue weighted by Crippen LogP contribution is 2.28. The molecule has 0 aliphatic heterocycles. The minimum absolute atomic E-state index is 0.0564. The fraction of sp³-hybridized carbons (Fsp3) is 0.429. The van der Waals surface area contributed by atoms with Crippen LogP contribution in [0.3, 0.4) is 0 Å². The van der Waals surface area contributed by atoms with Gasteiger partial charge < -0.3 is 9.72 Å². The van der Waals surface area contributed by atoms with E-state index in [4.69, 9.17) is 4.74 Å². The number of fused-ring (bicyclic) bond motifs is 1. The molecule has 1 saturated carbocycles. The molecule has 0 saturated heterocycles. The van der Waals surface area contributed by atoms with E-state index in [0.29, 0.717) is 25.7 Å². The largest absolute Gasteiger partial charge is 0.497 e. The molecule has 8 heteroatoms. The molecule has 1 aliphatic rings. The number of nitrogens with zero attached hydrogens (tertiary/aromatic N) is 5. The summed E-state index contributed by atoms with van der Waals surface area (Å²) in [7, 11) is 1.67. The summed E-state index contributed by atoms with van der Waals surface area (Å²) in [6, 6.07) is 14.6. The number of ether oxygens (including phenoxy) is 1. The lowest BCUT2D eigenvalue weighted by atomic mass is 9.95. The monoisotopic (exact) mass is 486 g/mol. The first kappa shape index (κ1) is 24.2. The molecule has 2 heterocycles. The summed E-state index contributed by atoms with van der Waals surface area (Å²) in [4.78, 5) is 18.4. The van der Waals surface area contributed by atoms with Crippen LogP contribution in [0.2, 0.25) is 0 Å². The van der Waals surface area contributed by atoms with E-state index in [2.05, 4.69) is 50.5 Å². The second-order valence-electron chi connectivity index (χ2n) is 9.99. The molecule has 36 heavy (non-hydrogen) atoms. The maximum Gasteiger partial charge on any atom is 0.252 e. The van der Waals surface area contributed by atoms with Crippen LogP contribution in [-0.2, 0) is 19.6 Å². The van der Waals surface area contributed by atoms with Crippen molar-refractivity contribution in [3.05, 3.63) is 80.9 Å². The third-order valence-electron chi connectivity index (χ3n) is 7.20. The highest BCUT2D eigenvalue weighted by atomic mass is 16.5. The van der Waals surface area contributed by atoms with Crippen molar-refractivity contribution in [2.75, 3.05) is 7.11 Å². The van der Waals surface area contributed by atoms with Crippen LogP contribution in [0, 0.1) is 13.8 Å². The SMILES string of the molecule is COc1ccc(CN(Cc2cc3c(C)cc(C)cc3[nH]c2=O)Cc2nnnn2C2CCCCC2)cc1. The van der Waals surface area contributed by atoms with Gasteiger partial charge in [-0.25, -0.2) is 4.68 Å². The molecule has 4 aromatic rings. The number of aromatic nitrogens is 5. The first-order chi connectivity index (χ1) is 17.5. The molecule has 0 radical (unpaired) electrons. The number of H-pyrrole nitrogens is 1. The van der Waals surface area contributed by atoms with Gasteiger partial charge in [-0.15, -0.1) is 5.10 Å². The Bertz CT molecular complexity index is 1390. The summed E-state index contributed by atoms with van der Waals surface area (Å²) in [5.74, 6) is 1.67. The quantitative estimate of drug-likeness (QED) is 0.383. The molecular weight excluding hydrogens is 452 g/mol. The van der Waals surface area contributed by atoms with E-state index in [9.17, 15) is 4.79 Å². The predicted octanol–water partition coefficient (Wildman–Crippen LogP) is 4.85. The second kappa shape index (κ2) is 10.6. The third kappa shape index (κ3) is 5.33. The molecular formula is C28H34N6O2. The van der Waals surface area contributed by atoms with E-state index in [1.54, 1.807) is 7.11 Å². The number of nitrogens with one attached hydrogen (secondary N) is 1. The number of rotatable bonds is 8. The van der Waals surface area contributed by atoms with E-state index >= 15 is 0 Å². The Labute approximate surface area is 211 Å². The molecule has 0 amide bonds.